The number of urea groups is 1. The zero-order chi connectivity index (χ0) is 15.9. The highest BCUT2D eigenvalue weighted by atomic mass is 16.2. The van der Waals surface area contributed by atoms with Gasteiger partial charge in [0.2, 0.25) is 0 Å². The molecule has 1 N–H and O–H groups in total. The number of carbonyl (C=O) groups is 1. The Bertz CT molecular complexity index is 590. The minimum Gasteiger partial charge on any atom is -0.335 e. The first-order chi connectivity index (χ1) is 10.6. The van der Waals surface area contributed by atoms with Crippen molar-refractivity contribution in [2.24, 2.45) is 0 Å². The lowest BCUT2D eigenvalue weighted by atomic mass is 10.2. The van der Waals surface area contributed by atoms with Gasteiger partial charge >= 0.3 is 6.03 Å². The molecular weight excluding hydrogens is 276 g/mol. The number of nitrogens with one attached hydrogen (secondary N) is 1. The molecule has 2 aromatic rings. The lowest BCUT2D eigenvalue weighted by Crippen LogP contribution is -2.42. The molecule has 2 rings (SSSR count). The molecule has 5 heteroatoms. The summed E-state index contributed by atoms with van der Waals surface area (Å²) >= 11 is 0. The monoisotopic (exact) mass is 300 g/mol. The van der Waals surface area contributed by atoms with Gasteiger partial charge in [0.1, 0.15) is 0 Å². The van der Waals surface area contributed by atoms with E-state index in [9.17, 15) is 4.79 Å². The highest BCUT2D eigenvalue weighted by Gasteiger charge is 2.13. The van der Waals surface area contributed by atoms with E-state index in [4.69, 9.17) is 0 Å². The Labute approximate surface area is 131 Å². The lowest BCUT2D eigenvalue weighted by molar-refractivity contribution is 0.202. The Hall–Kier alpha value is -2.30. The maximum Gasteiger partial charge on any atom is 0.317 e. The van der Waals surface area contributed by atoms with E-state index in [2.05, 4.69) is 24.3 Å². The first-order valence-corrected chi connectivity index (χ1v) is 7.74. The van der Waals surface area contributed by atoms with Crippen LogP contribution in [0.4, 0.5) is 4.79 Å². The zero-order valence-electron chi connectivity index (χ0n) is 13.5. The van der Waals surface area contributed by atoms with Crippen LogP contribution in [0, 0.1) is 0 Å². The van der Waals surface area contributed by atoms with Crippen molar-refractivity contribution in [1.29, 1.82) is 0 Å². The molecule has 22 heavy (non-hydrogen) atoms. The number of para-hydroxylation sites is 1. The van der Waals surface area contributed by atoms with Gasteiger partial charge in [-0.15, -0.1) is 0 Å². The number of nitrogens with zero attached hydrogens (tertiary/aromatic N) is 3. The summed E-state index contributed by atoms with van der Waals surface area (Å²) in [5, 5.41) is 7.39. The van der Waals surface area contributed by atoms with Gasteiger partial charge in [-0.1, -0.05) is 32.0 Å². The predicted molar refractivity (Wildman–Crippen MR) is 87.9 cm³/mol. The second kappa shape index (κ2) is 7.64. The minimum absolute atomic E-state index is 0.0406. The Kier molecular flexibility index (Phi) is 5.58. The van der Waals surface area contributed by atoms with E-state index in [0.717, 1.165) is 24.1 Å². The number of amides is 2. The number of aromatic nitrogens is 2. The number of hydrogen-bond donors (Lipinski definition) is 1. The van der Waals surface area contributed by atoms with E-state index >= 15 is 0 Å². The topological polar surface area (TPSA) is 50.2 Å². The summed E-state index contributed by atoms with van der Waals surface area (Å²) < 4.78 is 1.82. The number of rotatable bonds is 6. The normalized spacial score (nSPS) is 10.7. The quantitative estimate of drug-likeness (QED) is 0.890. The highest BCUT2D eigenvalue weighted by molar-refractivity contribution is 5.74. The van der Waals surface area contributed by atoms with Crippen LogP contribution in [0.2, 0.25) is 0 Å². The molecule has 1 aromatic carbocycles. The Morgan fingerprint density at radius 3 is 2.59 bits per heavy atom. The molecule has 0 atom stereocenters. The molecule has 0 bridgehead atoms. The second-order valence-corrected chi connectivity index (χ2v) is 5.45. The average Bonchev–Trinajstić information content (AvgIpc) is 3.01. The first kappa shape index (κ1) is 16.1. The fourth-order valence-corrected chi connectivity index (χ4v) is 2.29. The van der Waals surface area contributed by atoms with Gasteiger partial charge in [0.25, 0.3) is 0 Å². The van der Waals surface area contributed by atoms with Gasteiger partial charge in [-0.05, 0) is 25.0 Å². The van der Waals surface area contributed by atoms with Crippen molar-refractivity contribution < 1.29 is 4.79 Å². The third-order valence-corrected chi connectivity index (χ3v) is 3.74. The van der Waals surface area contributed by atoms with Crippen molar-refractivity contribution in [1.82, 2.24) is 20.0 Å². The van der Waals surface area contributed by atoms with E-state index in [-0.39, 0.29) is 12.1 Å². The molecule has 0 aliphatic heterocycles. The third-order valence-electron chi connectivity index (χ3n) is 3.74. The number of carbonyl (C=O) groups excluding carboxylic acids is 1. The molecule has 0 aliphatic carbocycles. The highest BCUT2D eigenvalue weighted by Crippen LogP contribution is 2.09. The first-order valence-electron chi connectivity index (χ1n) is 7.74. The van der Waals surface area contributed by atoms with Crippen LogP contribution in [-0.2, 0) is 6.54 Å². The van der Waals surface area contributed by atoms with Crippen LogP contribution in [-0.4, -0.2) is 33.8 Å². The summed E-state index contributed by atoms with van der Waals surface area (Å²) in [6.07, 6.45) is 5.65. The van der Waals surface area contributed by atoms with Crippen LogP contribution in [0.1, 0.15) is 32.3 Å². The van der Waals surface area contributed by atoms with Crippen LogP contribution >= 0.6 is 0 Å². The molecule has 1 aromatic heterocycles. The molecule has 2 amide bonds. The summed E-state index contributed by atoms with van der Waals surface area (Å²) in [5.74, 6) is 0. The van der Waals surface area contributed by atoms with Gasteiger partial charge in [0, 0.05) is 24.8 Å². The van der Waals surface area contributed by atoms with Crippen LogP contribution < -0.4 is 5.32 Å². The number of benzene rings is 1. The molecule has 0 saturated heterocycles. The van der Waals surface area contributed by atoms with E-state index in [1.165, 1.54) is 0 Å². The zero-order valence-corrected chi connectivity index (χ0v) is 13.5. The van der Waals surface area contributed by atoms with Gasteiger partial charge in [-0.25, -0.2) is 9.48 Å². The van der Waals surface area contributed by atoms with Crippen LogP contribution in [0.25, 0.3) is 5.69 Å². The fourth-order valence-electron chi connectivity index (χ4n) is 2.29. The lowest BCUT2D eigenvalue weighted by Gasteiger charge is -2.21. The maximum absolute atomic E-state index is 12.1. The van der Waals surface area contributed by atoms with Gasteiger partial charge in [0.05, 0.1) is 18.4 Å². The van der Waals surface area contributed by atoms with Crippen molar-refractivity contribution >= 4 is 6.03 Å². The Balaban J connectivity index is 1.96. The van der Waals surface area contributed by atoms with Crippen LogP contribution in [0.5, 0.6) is 0 Å². The predicted octanol–water partition coefficient (Wildman–Crippen LogP) is 3.20. The molecule has 0 aliphatic rings. The Morgan fingerprint density at radius 1 is 1.27 bits per heavy atom. The van der Waals surface area contributed by atoms with E-state index in [0.29, 0.717) is 6.54 Å². The average molecular weight is 300 g/mol. The molecule has 5 nitrogen and oxygen atoms in total. The second-order valence-electron chi connectivity index (χ2n) is 5.45. The third kappa shape index (κ3) is 4.10. The molecule has 0 unspecified atom stereocenters. The van der Waals surface area contributed by atoms with Crippen molar-refractivity contribution in [2.45, 2.75) is 39.3 Å². The Morgan fingerprint density at radius 2 is 1.95 bits per heavy atom. The van der Waals surface area contributed by atoms with E-state index < -0.39 is 0 Å². The van der Waals surface area contributed by atoms with Crippen LogP contribution in [0.3, 0.4) is 0 Å². The minimum atomic E-state index is -0.0406. The molecule has 0 radical (unpaired) electrons. The van der Waals surface area contributed by atoms with Gasteiger partial charge in [-0.3, -0.25) is 0 Å². The molecule has 0 saturated carbocycles. The standard InChI is InChI=1S/C17H24N4O/c1-4-15(5-2)19-17(22)20(3)12-14-11-18-21(13-14)16-9-7-6-8-10-16/h6-11,13,15H,4-5,12H2,1-3H3,(H,19,22). The summed E-state index contributed by atoms with van der Waals surface area (Å²) in [6, 6.07) is 10.1. The van der Waals surface area contributed by atoms with Gasteiger partial charge in [0.15, 0.2) is 0 Å². The maximum atomic E-state index is 12.1. The summed E-state index contributed by atoms with van der Waals surface area (Å²) in [6.45, 7) is 4.70. The largest absolute Gasteiger partial charge is 0.335 e. The molecule has 0 spiro atoms. The van der Waals surface area contributed by atoms with Crippen LogP contribution in [0.15, 0.2) is 42.7 Å². The smallest absolute Gasteiger partial charge is 0.317 e. The van der Waals surface area contributed by atoms with E-state index in [1.807, 2.05) is 41.2 Å². The molecule has 0 fully saturated rings. The molecule has 1 heterocycles. The summed E-state index contributed by atoms with van der Waals surface area (Å²) in [5.41, 5.74) is 2.02. The summed E-state index contributed by atoms with van der Waals surface area (Å²) in [7, 11) is 1.80. The van der Waals surface area contributed by atoms with Crippen molar-refractivity contribution in [3.8, 4) is 5.69 Å². The fraction of sp³-hybridized carbons (Fsp3) is 0.412. The SMILES string of the molecule is CCC(CC)NC(=O)N(C)Cc1cnn(-c2ccccc2)c1. The number of hydrogen-bond acceptors (Lipinski definition) is 2. The molecule has 118 valence electrons. The van der Waals surface area contributed by atoms with Crippen molar-refractivity contribution in [3.05, 3.63) is 48.3 Å². The van der Waals surface area contributed by atoms with Crippen molar-refractivity contribution in [2.75, 3.05) is 7.05 Å². The summed E-state index contributed by atoms with van der Waals surface area (Å²) in [4.78, 5) is 13.8. The van der Waals surface area contributed by atoms with Crippen molar-refractivity contribution in [3.63, 3.8) is 0 Å². The van der Waals surface area contributed by atoms with Gasteiger partial charge < -0.3 is 10.2 Å². The molecular formula is C17H24N4O. The van der Waals surface area contributed by atoms with Gasteiger partial charge in [-0.2, -0.15) is 5.10 Å². The van der Waals surface area contributed by atoms with E-state index in [1.54, 1.807) is 18.1 Å².